The summed E-state index contributed by atoms with van der Waals surface area (Å²) in [4.78, 5) is 22.3. The molecule has 1 saturated heterocycles. The summed E-state index contributed by atoms with van der Waals surface area (Å²) < 4.78 is 22.4. The third-order valence-corrected chi connectivity index (χ3v) is 4.70. The second-order valence-corrected chi connectivity index (χ2v) is 6.83. The molecule has 1 rings (SSSR count). The number of carboxylic acid groups (broad SMARTS) is 1. The van der Waals surface area contributed by atoms with E-state index < -0.39 is 33.9 Å². The fourth-order valence-corrected chi connectivity index (χ4v) is 3.78. The van der Waals surface area contributed by atoms with Gasteiger partial charge in [-0.05, 0) is 19.3 Å². The Kier molecular flexibility index (Phi) is 4.69. The molecule has 104 valence electrons. The van der Waals surface area contributed by atoms with Gasteiger partial charge in [0.2, 0.25) is 5.91 Å². The first-order valence-corrected chi connectivity index (χ1v) is 7.44. The van der Waals surface area contributed by atoms with Crippen molar-refractivity contribution in [3.05, 3.63) is 0 Å². The molecule has 0 radical (unpaired) electrons. The molecule has 1 aliphatic heterocycles. The Morgan fingerprint density at radius 1 is 1.44 bits per heavy atom. The normalized spacial score (nSPS) is 25.3. The molecular weight excluding hydrogens is 262 g/mol. The van der Waals surface area contributed by atoms with Crippen LogP contribution in [0.4, 0.5) is 0 Å². The van der Waals surface area contributed by atoms with Gasteiger partial charge >= 0.3 is 5.97 Å². The zero-order chi connectivity index (χ0) is 13.9. The van der Waals surface area contributed by atoms with E-state index in [4.69, 9.17) is 5.11 Å². The van der Waals surface area contributed by atoms with Gasteiger partial charge in [0.15, 0.2) is 15.9 Å². The number of rotatable bonds is 5. The lowest BCUT2D eigenvalue weighted by Gasteiger charge is -2.18. The summed E-state index contributed by atoms with van der Waals surface area (Å²) in [5.74, 6) is -2.10. The summed E-state index contributed by atoms with van der Waals surface area (Å²) in [5, 5.41) is 20.1. The van der Waals surface area contributed by atoms with Crippen molar-refractivity contribution in [1.82, 2.24) is 5.32 Å². The number of hydrogen-bond donors (Lipinski definition) is 3. The van der Waals surface area contributed by atoms with Gasteiger partial charge in [-0.2, -0.15) is 0 Å². The first-order valence-electron chi connectivity index (χ1n) is 5.62. The zero-order valence-electron chi connectivity index (χ0n) is 10.00. The van der Waals surface area contributed by atoms with Gasteiger partial charge in [0.1, 0.15) is 0 Å². The SMILES string of the molecule is C[C@@H](O)[C@H](NC(=O)CC1CCS(=O)(=O)C1)C(=O)O. The molecule has 1 heterocycles. The molecule has 0 aromatic rings. The van der Waals surface area contributed by atoms with Gasteiger partial charge in [-0.3, -0.25) is 4.79 Å². The summed E-state index contributed by atoms with van der Waals surface area (Å²) in [6, 6.07) is -1.37. The smallest absolute Gasteiger partial charge is 0.328 e. The Labute approximate surface area is 105 Å². The molecular formula is C10H17NO6S. The predicted molar refractivity (Wildman–Crippen MR) is 62.6 cm³/mol. The van der Waals surface area contributed by atoms with Crippen LogP contribution in [0, 0.1) is 5.92 Å². The molecule has 0 aromatic carbocycles. The summed E-state index contributed by atoms with van der Waals surface area (Å²) in [6.45, 7) is 1.26. The maximum absolute atomic E-state index is 11.5. The number of carbonyl (C=O) groups is 2. The Morgan fingerprint density at radius 2 is 2.06 bits per heavy atom. The van der Waals surface area contributed by atoms with E-state index >= 15 is 0 Å². The number of carboxylic acids is 1. The lowest BCUT2D eigenvalue weighted by atomic mass is 10.0. The van der Waals surface area contributed by atoms with E-state index in [1.165, 1.54) is 6.92 Å². The number of aliphatic hydroxyl groups is 1. The van der Waals surface area contributed by atoms with Crippen LogP contribution in [0.3, 0.4) is 0 Å². The van der Waals surface area contributed by atoms with E-state index in [9.17, 15) is 23.1 Å². The number of carbonyl (C=O) groups excluding carboxylic acids is 1. The molecule has 3 N–H and O–H groups in total. The van der Waals surface area contributed by atoms with E-state index in [1.807, 2.05) is 0 Å². The highest BCUT2D eigenvalue weighted by molar-refractivity contribution is 7.91. The van der Waals surface area contributed by atoms with Gasteiger partial charge in [0.25, 0.3) is 0 Å². The number of nitrogens with one attached hydrogen (secondary N) is 1. The number of aliphatic carboxylic acids is 1. The van der Waals surface area contributed by atoms with Crippen molar-refractivity contribution in [3.8, 4) is 0 Å². The first-order chi connectivity index (χ1) is 8.21. The van der Waals surface area contributed by atoms with Gasteiger partial charge in [0, 0.05) is 6.42 Å². The molecule has 1 unspecified atom stereocenters. The summed E-state index contributed by atoms with van der Waals surface area (Å²) >= 11 is 0. The number of aliphatic hydroxyl groups excluding tert-OH is 1. The molecule has 0 bridgehead atoms. The summed E-state index contributed by atoms with van der Waals surface area (Å²) in [5.41, 5.74) is 0. The van der Waals surface area contributed by atoms with E-state index in [2.05, 4.69) is 5.32 Å². The molecule has 0 saturated carbocycles. The first kappa shape index (κ1) is 14.9. The fourth-order valence-electron chi connectivity index (χ4n) is 1.92. The second-order valence-electron chi connectivity index (χ2n) is 4.60. The third-order valence-electron chi connectivity index (χ3n) is 2.87. The van der Waals surface area contributed by atoms with Gasteiger partial charge in [0.05, 0.1) is 17.6 Å². The van der Waals surface area contributed by atoms with E-state index in [1.54, 1.807) is 0 Å². The molecule has 18 heavy (non-hydrogen) atoms. The van der Waals surface area contributed by atoms with E-state index in [-0.39, 0.29) is 23.8 Å². The van der Waals surface area contributed by atoms with Crippen molar-refractivity contribution in [2.24, 2.45) is 5.92 Å². The largest absolute Gasteiger partial charge is 0.480 e. The van der Waals surface area contributed by atoms with E-state index in [0.29, 0.717) is 6.42 Å². The molecule has 1 amide bonds. The van der Waals surface area contributed by atoms with Crippen LogP contribution in [-0.4, -0.2) is 54.2 Å². The van der Waals surface area contributed by atoms with Crippen LogP contribution in [0.2, 0.25) is 0 Å². The monoisotopic (exact) mass is 279 g/mol. The molecule has 3 atom stereocenters. The van der Waals surface area contributed by atoms with Crippen molar-refractivity contribution in [3.63, 3.8) is 0 Å². The number of hydrogen-bond acceptors (Lipinski definition) is 5. The Balaban J connectivity index is 2.49. The Hall–Kier alpha value is -1.15. The average Bonchev–Trinajstić information content (AvgIpc) is 2.53. The standard InChI is InChI=1S/C10H17NO6S/c1-6(12)9(10(14)15)11-8(13)4-7-2-3-18(16,17)5-7/h6-7,9,12H,2-5H2,1H3,(H,11,13)(H,14,15)/t6-,7?,9+/m1/s1. The van der Waals surface area contributed by atoms with Gasteiger partial charge in [-0.1, -0.05) is 0 Å². The number of amides is 1. The highest BCUT2D eigenvalue weighted by Crippen LogP contribution is 2.21. The minimum absolute atomic E-state index is 0.0320. The molecule has 8 heteroatoms. The van der Waals surface area contributed by atoms with Gasteiger partial charge < -0.3 is 15.5 Å². The average molecular weight is 279 g/mol. The lowest BCUT2D eigenvalue weighted by molar-refractivity contribution is -0.144. The van der Waals surface area contributed by atoms with Gasteiger partial charge in [-0.25, -0.2) is 13.2 Å². The Bertz CT molecular complexity index is 430. The van der Waals surface area contributed by atoms with Crippen molar-refractivity contribution in [2.45, 2.75) is 31.9 Å². The highest BCUT2D eigenvalue weighted by Gasteiger charge is 2.31. The fraction of sp³-hybridized carbons (Fsp3) is 0.800. The zero-order valence-corrected chi connectivity index (χ0v) is 10.8. The minimum atomic E-state index is -3.05. The van der Waals surface area contributed by atoms with Crippen molar-refractivity contribution in [2.75, 3.05) is 11.5 Å². The van der Waals surface area contributed by atoms with Crippen molar-refractivity contribution in [1.29, 1.82) is 0 Å². The van der Waals surface area contributed by atoms with Crippen LogP contribution in [0.15, 0.2) is 0 Å². The highest BCUT2D eigenvalue weighted by atomic mass is 32.2. The molecule has 7 nitrogen and oxygen atoms in total. The van der Waals surface area contributed by atoms with Crippen LogP contribution in [0.1, 0.15) is 19.8 Å². The van der Waals surface area contributed by atoms with Crippen LogP contribution >= 0.6 is 0 Å². The maximum atomic E-state index is 11.5. The quantitative estimate of drug-likeness (QED) is 0.579. The summed E-state index contributed by atoms with van der Waals surface area (Å²) in [6.07, 6.45) is -0.823. The maximum Gasteiger partial charge on any atom is 0.328 e. The number of sulfone groups is 1. The second kappa shape index (κ2) is 5.66. The summed E-state index contributed by atoms with van der Waals surface area (Å²) in [7, 11) is -3.05. The topological polar surface area (TPSA) is 121 Å². The molecule has 0 spiro atoms. The van der Waals surface area contributed by atoms with Crippen LogP contribution in [0.5, 0.6) is 0 Å². The predicted octanol–water partition coefficient (Wildman–Crippen LogP) is -1.24. The van der Waals surface area contributed by atoms with Gasteiger partial charge in [-0.15, -0.1) is 0 Å². The van der Waals surface area contributed by atoms with Crippen LogP contribution in [-0.2, 0) is 19.4 Å². The lowest BCUT2D eigenvalue weighted by Crippen LogP contribution is -2.48. The van der Waals surface area contributed by atoms with E-state index in [0.717, 1.165) is 0 Å². The molecule has 0 aliphatic carbocycles. The van der Waals surface area contributed by atoms with Crippen molar-refractivity contribution < 1.29 is 28.2 Å². The van der Waals surface area contributed by atoms with Crippen molar-refractivity contribution >= 4 is 21.7 Å². The molecule has 1 fully saturated rings. The molecule has 1 aliphatic rings. The van der Waals surface area contributed by atoms with Crippen LogP contribution in [0.25, 0.3) is 0 Å². The Morgan fingerprint density at radius 3 is 2.44 bits per heavy atom. The van der Waals surface area contributed by atoms with Crippen LogP contribution < -0.4 is 5.32 Å². The third kappa shape index (κ3) is 4.26. The minimum Gasteiger partial charge on any atom is -0.480 e. The molecule has 0 aromatic heterocycles.